The monoisotopic (exact) mass is 364 g/mol. The molecule has 5 rings (SSSR count). The van der Waals surface area contributed by atoms with Gasteiger partial charge >= 0.3 is 0 Å². The van der Waals surface area contributed by atoms with E-state index in [1.807, 2.05) is 37.3 Å². The zero-order chi connectivity index (χ0) is 18.5. The van der Waals surface area contributed by atoms with Gasteiger partial charge in [-0.05, 0) is 55.2 Å². The number of hydrogen-bond donors (Lipinski definition) is 0. The molecule has 0 aromatic heterocycles. The fourth-order valence-corrected chi connectivity index (χ4v) is 4.04. The lowest BCUT2D eigenvalue weighted by Crippen LogP contribution is -2.30. The van der Waals surface area contributed by atoms with E-state index in [2.05, 4.69) is 0 Å². The van der Waals surface area contributed by atoms with Gasteiger partial charge in [0.25, 0.3) is 0 Å². The summed E-state index contributed by atoms with van der Waals surface area (Å²) in [7, 11) is 1.62. The van der Waals surface area contributed by atoms with E-state index in [0.29, 0.717) is 23.0 Å². The van der Waals surface area contributed by atoms with E-state index in [1.54, 1.807) is 13.2 Å². The molecule has 3 heterocycles. The molecule has 0 amide bonds. The van der Waals surface area contributed by atoms with E-state index in [9.17, 15) is 4.79 Å². The average molecular weight is 364 g/mol. The fourth-order valence-electron chi connectivity index (χ4n) is 4.04. The number of carbonyl (C=O) groups excluding carboxylic acids is 1. The van der Waals surface area contributed by atoms with Crippen LogP contribution in [-0.4, -0.2) is 25.8 Å². The molecule has 5 nitrogen and oxygen atoms in total. The van der Waals surface area contributed by atoms with Crippen molar-refractivity contribution in [1.29, 1.82) is 0 Å². The third-order valence-electron chi connectivity index (χ3n) is 5.50. The van der Waals surface area contributed by atoms with E-state index in [0.717, 1.165) is 47.6 Å². The molecule has 0 radical (unpaired) electrons. The van der Waals surface area contributed by atoms with Crippen LogP contribution in [0.15, 0.2) is 36.1 Å². The van der Waals surface area contributed by atoms with Gasteiger partial charge < -0.3 is 18.9 Å². The molecule has 2 aromatic rings. The van der Waals surface area contributed by atoms with Crippen LogP contribution >= 0.6 is 0 Å². The molecular formula is C22H20O5. The van der Waals surface area contributed by atoms with Crippen molar-refractivity contribution in [3.8, 4) is 17.2 Å². The van der Waals surface area contributed by atoms with E-state index >= 15 is 0 Å². The number of allylic oxidation sites excluding steroid dienone is 1. The highest BCUT2D eigenvalue weighted by Gasteiger charge is 2.39. The number of methoxy groups -OCH3 is 1. The van der Waals surface area contributed by atoms with Gasteiger partial charge in [0.15, 0.2) is 5.76 Å². The number of rotatable bonds is 2. The first-order valence-corrected chi connectivity index (χ1v) is 9.17. The Morgan fingerprint density at radius 2 is 2.00 bits per heavy atom. The predicted octanol–water partition coefficient (Wildman–Crippen LogP) is 3.92. The van der Waals surface area contributed by atoms with Gasteiger partial charge in [0, 0.05) is 11.5 Å². The number of fused-ring (bicyclic) bond motifs is 3. The van der Waals surface area contributed by atoms with E-state index < -0.39 is 0 Å². The molecule has 0 saturated carbocycles. The summed E-state index contributed by atoms with van der Waals surface area (Å²) in [5.74, 6) is 2.77. The first-order valence-electron chi connectivity index (χ1n) is 9.17. The molecule has 2 unspecified atom stereocenters. The lowest BCUT2D eigenvalue weighted by atomic mass is 9.90. The van der Waals surface area contributed by atoms with Gasteiger partial charge in [0.05, 0.1) is 19.3 Å². The minimum absolute atomic E-state index is 0.0866. The SMILES string of the molecule is COc1ccc(/C=C2\Oc3c(cc4c(c3C)OC3OCCC3C4)C2=O)cc1. The number of ether oxygens (including phenoxy) is 4. The summed E-state index contributed by atoms with van der Waals surface area (Å²) in [6, 6.07) is 9.43. The molecule has 3 aliphatic heterocycles. The van der Waals surface area contributed by atoms with Crippen LogP contribution in [0.1, 0.15) is 33.5 Å². The van der Waals surface area contributed by atoms with Crippen LogP contribution in [0.25, 0.3) is 6.08 Å². The molecule has 0 spiro atoms. The highest BCUT2D eigenvalue weighted by Crippen LogP contribution is 2.46. The first-order chi connectivity index (χ1) is 13.1. The Labute approximate surface area is 157 Å². The Balaban J connectivity index is 1.50. The molecule has 2 atom stereocenters. The van der Waals surface area contributed by atoms with Crippen LogP contribution < -0.4 is 14.2 Å². The van der Waals surface area contributed by atoms with Gasteiger partial charge in [0.1, 0.15) is 17.2 Å². The molecular weight excluding hydrogens is 344 g/mol. The number of carbonyl (C=O) groups is 1. The van der Waals surface area contributed by atoms with E-state index in [1.165, 1.54) is 0 Å². The van der Waals surface area contributed by atoms with E-state index in [-0.39, 0.29) is 12.1 Å². The highest BCUT2D eigenvalue weighted by atomic mass is 16.7. The molecule has 1 fully saturated rings. The van der Waals surface area contributed by atoms with Crippen molar-refractivity contribution in [2.45, 2.75) is 26.1 Å². The summed E-state index contributed by atoms with van der Waals surface area (Å²) >= 11 is 0. The summed E-state index contributed by atoms with van der Waals surface area (Å²) in [5, 5.41) is 0. The number of benzene rings is 2. The third kappa shape index (κ3) is 2.61. The normalized spacial score (nSPS) is 24.1. The summed E-state index contributed by atoms with van der Waals surface area (Å²) in [6.07, 6.45) is 3.45. The first kappa shape index (κ1) is 16.4. The zero-order valence-corrected chi connectivity index (χ0v) is 15.3. The van der Waals surface area contributed by atoms with Gasteiger partial charge in [0.2, 0.25) is 12.1 Å². The Bertz CT molecular complexity index is 958. The summed E-state index contributed by atoms with van der Waals surface area (Å²) in [6.45, 7) is 2.67. The maximum atomic E-state index is 12.9. The maximum absolute atomic E-state index is 12.9. The lowest BCUT2D eigenvalue weighted by Gasteiger charge is -2.29. The molecule has 0 bridgehead atoms. The van der Waals surface area contributed by atoms with Gasteiger partial charge in [-0.15, -0.1) is 0 Å². The zero-order valence-electron chi connectivity index (χ0n) is 15.3. The van der Waals surface area contributed by atoms with Crippen molar-refractivity contribution in [3.05, 3.63) is 58.3 Å². The molecule has 27 heavy (non-hydrogen) atoms. The van der Waals surface area contributed by atoms with Crippen molar-refractivity contribution in [2.75, 3.05) is 13.7 Å². The molecule has 1 saturated heterocycles. The molecule has 0 aliphatic carbocycles. The molecule has 2 aromatic carbocycles. The number of Topliss-reactive ketones (excluding diaryl/α,β-unsaturated/α-hetero) is 1. The smallest absolute Gasteiger partial charge is 0.231 e. The Hall–Kier alpha value is -2.79. The van der Waals surface area contributed by atoms with Crippen LogP contribution in [0, 0.1) is 12.8 Å². The van der Waals surface area contributed by atoms with Crippen LogP contribution in [0.2, 0.25) is 0 Å². The van der Waals surface area contributed by atoms with Gasteiger partial charge in [-0.2, -0.15) is 0 Å². The standard InChI is InChI=1S/C22H20O5/c1-12-20-15(10-14-7-8-25-22(14)27-20)11-17-19(23)18(26-21(12)17)9-13-3-5-16(24-2)6-4-13/h3-6,9,11,14,22H,7-8,10H2,1-2H3/b18-9-. The van der Waals surface area contributed by atoms with Crippen LogP contribution in [0.5, 0.6) is 17.2 Å². The predicted molar refractivity (Wildman–Crippen MR) is 99.3 cm³/mol. The van der Waals surface area contributed by atoms with Crippen molar-refractivity contribution in [3.63, 3.8) is 0 Å². The molecule has 138 valence electrons. The second-order valence-electron chi connectivity index (χ2n) is 7.19. The Morgan fingerprint density at radius 3 is 2.78 bits per heavy atom. The Kier molecular flexibility index (Phi) is 3.72. The average Bonchev–Trinajstić information content (AvgIpc) is 3.26. The Morgan fingerprint density at radius 1 is 1.19 bits per heavy atom. The fraction of sp³-hybridized carbons (Fsp3) is 0.318. The third-order valence-corrected chi connectivity index (χ3v) is 5.50. The number of hydrogen-bond acceptors (Lipinski definition) is 5. The van der Waals surface area contributed by atoms with Gasteiger partial charge in [-0.25, -0.2) is 0 Å². The van der Waals surface area contributed by atoms with Crippen molar-refractivity contribution in [1.82, 2.24) is 0 Å². The van der Waals surface area contributed by atoms with Crippen molar-refractivity contribution < 1.29 is 23.7 Å². The maximum Gasteiger partial charge on any atom is 0.231 e. The van der Waals surface area contributed by atoms with Crippen LogP contribution in [0.4, 0.5) is 0 Å². The van der Waals surface area contributed by atoms with Crippen LogP contribution in [0.3, 0.4) is 0 Å². The molecule has 0 N–H and O–H groups in total. The van der Waals surface area contributed by atoms with E-state index in [4.69, 9.17) is 18.9 Å². The summed E-state index contributed by atoms with van der Waals surface area (Å²) < 4.78 is 22.9. The topological polar surface area (TPSA) is 54.0 Å². The summed E-state index contributed by atoms with van der Waals surface area (Å²) in [5.41, 5.74) is 3.43. The van der Waals surface area contributed by atoms with Gasteiger partial charge in [-0.3, -0.25) is 4.79 Å². The van der Waals surface area contributed by atoms with Gasteiger partial charge in [-0.1, -0.05) is 12.1 Å². The minimum Gasteiger partial charge on any atom is -0.497 e. The van der Waals surface area contributed by atoms with Crippen LogP contribution in [-0.2, 0) is 11.2 Å². The second-order valence-corrected chi connectivity index (χ2v) is 7.19. The largest absolute Gasteiger partial charge is 0.497 e. The lowest BCUT2D eigenvalue weighted by molar-refractivity contribution is -0.0703. The minimum atomic E-state index is -0.180. The summed E-state index contributed by atoms with van der Waals surface area (Å²) in [4.78, 5) is 12.9. The quantitative estimate of drug-likeness (QED) is 0.756. The second kappa shape index (κ2) is 6.13. The van der Waals surface area contributed by atoms with Crippen molar-refractivity contribution >= 4 is 11.9 Å². The highest BCUT2D eigenvalue weighted by molar-refractivity contribution is 6.15. The molecule has 5 heteroatoms. The van der Waals surface area contributed by atoms with Crippen molar-refractivity contribution in [2.24, 2.45) is 5.92 Å². The number of ketones is 1. The molecule has 3 aliphatic rings.